The van der Waals surface area contributed by atoms with Gasteiger partial charge in [0.15, 0.2) is 0 Å². The molecule has 126 valence electrons. The maximum Gasteiger partial charge on any atom is 0.335 e. The van der Waals surface area contributed by atoms with Gasteiger partial charge < -0.3 is 5.11 Å². The molecular formula is C19H23N3O2. The number of rotatable bonds is 5. The second-order valence-electron chi connectivity index (χ2n) is 6.37. The monoisotopic (exact) mass is 325 g/mol. The summed E-state index contributed by atoms with van der Waals surface area (Å²) >= 11 is 0. The predicted octanol–water partition coefficient (Wildman–Crippen LogP) is 3.12. The van der Waals surface area contributed by atoms with Crippen molar-refractivity contribution in [3.8, 4) is 0 Å². The van der Waals surface area contributed by atoms with Crippen LogP contribution in [0.3, 0.4) is 0 Å². The first-order valence-corrected chi connectivity index (χ1v) is 8.51. The van der Waals surface area contributed by atoms with Crippen LogP contribution >= 0.6 is 0 Å². The van der Waals surface area contributed by atoms with Crippen LogP contribution in [0.5, 0.6) is 0 Å². The Morgan fingerprint density at radius 1 is 1.33 bits per heavy atom. The molecule has 0 spiro atoms. The second-order valence-corrected chi connectivity index (χ2v) is 6.37. The Hall–Kier alpha value is -2.27. The van der Waals surface area contributed by atoms with Crippen molar-refractivity contribution in [2.45, 2.75) is 38.6 Å². The SMILES string of the molecule is CCc1ncc(CN2CCCC(c3cccc(C(=O)O)c3)C2)cn1. The van der Waals surface area contributed by atoms with Crippen molar-refractivity contribution in [3.05, 3.63) is 59.2 Å². The second kappa shape index (κ2) is 7.53. The molecule has 24 heavy (non-hydrogen) atoms. The van der Waals surface area contributed by atoms with Gasteiger partial charge in [-0.25, -0.2) is 14.8 Å². The van der Waals surface area contributed by atoms with Crippen LogP contribution < -0.4 is 0 Å². The Morgan fingerprint density at radius 3 is 2.83 bits per heavy atom. The highest BCUT2D eigenvalue weighted by Gasteiger charge is 2.22. The first kappa shape index (κ1) is 16.6. The van der Waals surface area contributed by atoms with Gasteiger partial charge in [-0.2, -0.15) is 0 Å². The summed E-state index contributed by atoms with van der Waals surface area (Å²) in [6.07, 6.45) is 6.91. The van der Waals surface area contributed by atoms with Crippen LogP contribution in [0.4, 0.5) is 0 Å². The van der Waals surface area contributed by atoms with Gasteiger partial charge >= 0.3 is 5.97 Å². The van der Waals surface area contributed by atoms with Crippen molar-refractivity contribution in [3.63, 3.8) is 0 Å². The number of nitrogens with zero attached hydrogens (tertiary/aromatic N) is 3. The van der Waals surface area contributed by atoms with Crippen LogP contribution in [-0.4, -0.2) is 39.0 Å². The van der Waals surface area contributed by atoms with Gasteiger partial charge in [-0.05, 0) is 43.0 Å². The number of carboxylic acid groups (broad SMARTS) is 1. The lowest BCUT2D eigenvalue weighted by Gasteiger charge is -2.33. The smallest absolute Gasteiger partial charge is 0.335 e. The number of hydrogen-bond acceptors (Lipinski definition) is 4. The highest BCUT2D eigenvalue weighted by molar-refractivity contribution is 5.87. The lowest BCUT2D eigenvalue weighted by atomic mass is 9.89. The average molecular weight is 325 g/mol. The maximum atomic E-state index is 11.2. The van der Waals surface area contributed by atoms with Gasteiger partial charge in [0.05, 0.1) is 5.56 Å². The minimum atomic E-state index is -0.863. The topological polar surface area (TPSA) is 66.3 Å². The summed E-state index contributed by atoms with van der Waals surface area (Å²) in [5.41, 5.74) is 2.62. The van der Waals surface area contributed by atoms with Gasteiger partial charge in [-0.15, -0.1) is 0 Å². The van der Waals surface area contributed by atoms with Gasteiger partial charge in [0.25, 0.3) is 0 Å². The van der Waals surface area contributed by atoms with Crippen LogP contribution in [0.15, 0.2) is 36.7 Å². The summed E-state index contributed by atoms with van der Waals surface area (Å²) in [5.74, 6) is 0.396. The predicted molar refractivity (Wildman–Crippen MR) is 92.1 cm³/mol. The average Bonchev–Trinajstić information content (AvgIpc) is 2.63. The fourth-order valence-corrected chi connectivity index (χ4v) is 3.30. The fourth-order valence-electron chi connectivity index (χ4n) is 3.30. The van der Waals surface area contributed by atoms with E-state index in [9.17, 15) is 9.90 Å². The van der Waals surface area contributed by atoms with E-state index >= 15 is 0 Å². The molecule has 1 aliphatic heterocycles. The Balaban J connectivity index is 1.67. The molecule has 1 fully saturated rings. The highest BCUT2D eigenvalue weighted by atomic mass is 16.4. The quantitative estimate of drug-likeness (QED) is 0.915. The van der Waals surface area contributed by atoms with E-state index in [-0.39, 0.29) is 0 Å². The Morgan fingerprint density at radius 2 is 2.12 bits per heavy atom. The van der Waals surface area contributed by atoms with E-state index in [0.717, 1.165) is 55.8 Å². The molecule has 0 amide bonds. The van der Waals surface area contributed by atoms with Crippen molar-refractivity contribution in [1.82, 2.24) is 14.9 Å². The third kappa shape index (κ3) is 3.97. The van der Waals surface area contributed by atoms with E-state index < -0.39 is 5.97 Å². The van der Waals surface area contributed by atoms with E-state index in [2.05, 4.69) is 21.8 Å². The molecule has 1 aromatic carbocycles. The van der Waals surface area contributed by atoms with E-state index in [1.807, 2.05) is 30.6 Å². The number of carbonyl (C=O) groups is 1. The summed E-state index contributed by atoms with van der Waals surface area (Å²) in [6, 6.07) is 7.35. The van der Waals surface area contributed by atoms with Crippen LogP contribution in [0, 0.1) is 0 Å². The largest absolute Gasteiger partial charge is 0.478 e. The van der Waals surface area contributed by atoms with Crippen molar-refractivity contribution >= 4 is 5.97 Å². The zero-order valence-electron chi connectivity index (χ0n) is 14.0. The first-order chi connectivity index (χ1) is 11.7. The molecular weight excluding hydrogens is 302 g/mol. The normalized spacial score (nSPS) is 18.5. The number of aryl methyl sites for hydroxylation is 1. The molecule has 0 saturated carbocycles. The van der Waals surface area contributed by atoms with E-state index in [4.69, 9.17) is 0 Å². The van der Waals surface area contributed by atoms with E-state index in [1.165, 1.54) is 0 Å². The summed E-state index contributed by atoms with van der Waals surface area (Å²) in [6.45, 7) is 4.90. The Kier molecular flexibility index (Phi) is 5.20. The molecule has 5 nitrogen and oxygen atoms in total. The van der Waals surface area contributed by atoms with Gasteiger partial charge in [0.2, 0.25) is 0 Å². The van der Waals surface area contributed by atoms with Crippen molar-refractivity contribution in [1.29, 1.82) is 0 Å². The molecule has 1 atom stereocenters. The Bertz CT molecular complexity index is 700. The lowest BCUT2D eigenvalue weighted by Crippen LogP contribution is -2.34. The number of aromatic carboxylic acids is 1. The zero-order chi connectivity index (χ0) is 16.9. The molecule has 0 aliphatic carbocycles. The molecule has 1 N–H and O–H groups in total. The number of benzene rings is 1. The molecule has 2 heterocycles. The molecule has 1 unspecified atom stereocenters. The summed E-state index contributed by atoms with van der Waals surface area (Å²) in [7, 11) is 0. The minimum Gasteiger partial charge on any atom is -0.478 e. The van der Waals surface area contributed by atoms with Gasteiger partial charge in [-0.1, -0.05) is 19.1 Å². The molecule has 1 aliphatic rings. The molecule has 2 aromatic rings. The fraction of sp³-hybridized carbons (Fsp3) is 0.421. The number of likely N-dealkylation sites (tertiary alicyclic amines) is 1. The zero-order valence-corrected chi connectivity index (χ0v) is 14.0. The van der Waals surface area contributed by atoms with Crippen molar-refractivity contribution in [2.24, 2.45) is 0 Å². The van der Waals surface area contributed by atoms with Crippen LogP contribution in [0.2, 0.25) is 0 Å². The molecule has 1 saturated heterocycles. The first-order valence-electron chi connectivity index (χ1n) is 8.51. The standard InChI is InChI=1S/C19H23N3O2/c1-2-18-20-10-14(11-21-18)12-22-8-4-7-17(13-22)15-5-3-6-16(9-15)19(23)24/h3,5-6,9-11,17H,2,4,7-8,12-13H2,1H3,(H,23,24). The highest BCUT2D eigenvalue weighted by Crippen LogP contribution is 2.28. The van der Waals surface area contributed by atoms with Gasteiger partial charge in [0, 0.05) is 37.5 Å². The van der Waals surface area contributed by atoms with E-state index in [1.54, 1.807) is 6.07 Å². The molecule has 0 bridgehead atoms. The van der Waals surface area contributed by atoms with Crippen molar-refractivity contribution < 1.29 is 9.90 Å². The van der Waals surface area contributed by atoms with Gasteiger partial charge in [-0.3, -0.25) is 4.90 Å². The third-order valence-corrected chi connectivity index (χ3v) is 4.59. The summed E-state index contributed by atoms with van der Waals surface area (Å²) in [4.78, 5) is 22.3. The maximum absolute atomic E-state index is 11.2. The molecule has 1 aromatic heterocycles. The third-order valence-electron chi connectivity index (χ3n) is 4.59. The summed E-state index contributed by atoms with van der Waals surface area (Å²) < 4.78 is 0. The minimum absolute atomic E-state index is 0.369. The lowest BCUT2D eigenvalue weighted by molar-refractivity contribution is 0.0696. The Labute approximate surface area is 142 Å². The van der Waals surface area contributed by atoms with Crippen LogP contribution in [0.25, 0.3) is 0 Å². The summed E-state index contributed by atoms with van der Waals surface area (Å²) in [5, 5.41) is 9.17. The van der Waals surface area contributed by atoms with E-state index in [0.29, 0.717) is 11.5 Å². The van der Waals surface area contributed by atoms with Gasteiger partial charge in [0.1, 0.15) is 5.82 Å². The molecule has 3 rings (SSSR count). The molecule has 0 radical (unpaired) electrons. The van der Waals surface area contributed by atoms with Crippen LogP contribution in [0.1, 0.15) is 53.0 Å². The number of piperidine rings is 1. The molecule has 5 heteroatoms. The number of carboxylic acids is 1. The number of aromatic nitrogens is 2. The van der Waals surface area contributed by atoms with Crippen LogP contribution in [-0.2, 0) is 13.0 Å². The number of hydrogen-bond donors (Lipinski definition) is 1. The van der Waals surface area contributed by atoms with Crippen molar-refractivity contribution in [2.75, 3.05) is 13.1 Å².